The summed E-state index contributed by atoms with van der Waals surface area (Å²) in [4.78, 5) is 36.3. The normalized spacial score (nSPS) is 17.5. The Hall–Kier alpha value is -4.14. The van der Waals surface area contributed by atoms with Gasteiger partial charge < -0.3 is 24.7 Å². The maximum absolute atomic E-state index is 12.8. The molecule has 0 aliphatic heterocycles. The van der Waals surface area contributed by atoms with Gasteiger partial charge in [-0.25, -0.2) is 9.78 Å². The third-order valence-corrected chi connectivity index (χ3v) is 6.82. The Kier molecular flexibility index (Phi) is 6.94. The number of ether oxygens (including phenoxy) is 1. The minimum atomic E-state index is -0.483. The molecule has 37 heavy (non-hydrogen) atoms. The van der Waals surface area contributed by atoms with Crippen LogP contribution in [0.25, 0.3) is 21.9 Å². The number of hydrogen-bond acceptors (Lipinski definition) is 8. The summed E-state index contributed by atoms with van der Waals surface area (Å²) in [5, 5.41) is 8.40. The van der Waals surface area contributed by atoms with Crippen LogP contribution in [0.1, 0.15) is 31.2 Å². The number of hydrogen-bond donors (Lipinski definition) is 2. The molecule has 0 bridgehead atoms. The van der Waals surface area contributed by atoms with E-state index < -0.39 is 5.63 Å². The number of carbonyl (C=O) groups is 1. The zero-order valence-corrected chi connectivity index (χ0v) is 21.3. The van der Waals surface area contributed by atoms with Gasteiger partial charge in [0.25, 0.3) is 0 Å². The third-order valence-electron chi connectivity index (χ3n) is 6.82. The molecule has 1 amide bonds. The fourth-order valence-electron chi connectivity index (χ4n) is 4.97. The van der Waals surface area contributed by atoms with Crippen LogP contribution in [-0.4, -0.2) is 49.2 Å². The Morgan fingerprint density at radius 3 is 2.54 bits per heavy atom. The quantitative estimate of drug-likeness (QED) is 0.367. The van der Waals surface area contributed by atoms with Crippen LogP contribution in [0.5, 0.6) is 5.75 Å². The summed E-state index contributed by atoms with van der Waals surface area (Å²) >= 11 is 0. The Morgan fingerprint density at radius 1 is 1.03 bits per heavy atom. The van der Waals surface area contributed by atoms with Crippen molar-refractivity contribution in [2.75, 3.05) is 31.4 Å². The van der Waals surface area contributed by atoms with E-state index in [2.05, 4.69) is 10.6 Å². The van der Waals surface area contributed by atoms with Crippen LogP contribution in [0, 0.1) is 0 Å². The molecule has 9 nitrogen and oxygen atoms in total. The van der Waals surface area contributed by atoms with E-state index in [1.165, 1.54) is 6.07 Å². The zero-order chi connectivity index (χ0) is 25.9. The van der Waals surface area contributed by atoms with Crippen molar-refractivity contribution in [3.8, 4) is 5.75 Å². The van der Waals surface area contributed by atoms with E-state index in [-0.39, 0.29) is 24.4 Å². The summed E-state index contributed by atoms with van der Waals surface area (Å²) in [5.74, 6) is 2.00. The first-order valence-electron chi connectivity index (χ1n) is 12.5. The van der Waals surface area contributed by atoms with E-state index in [4.69, 9.17) is 19.1 Å². The highest BCUT2D eigenvalue weighted by molar-refractivity contribution is 5.90. The van der Waals surface area contributed by atoms with Crippen LogP contribution in [0.3, 0.4) is 0 Å². The number of amides is 1. The topological polar surface area (TPSA) is 110 Å². The van der Waals surface area contributed by atoms with Gasteiger partial charge in [0, 0.05) is 49.1 Å². The van der Waals surface area contributed by atoms with Gasteiger partial charge in [0.05, 0.1) is 19.0 Å². The standard InChI is InChI=1S/C28H31N5O4/c1-33(2)27-22-6-4-5-7-23(22)31-28(32-27)30-19-10-8-18(9-11-19)29-25(34)14-17-15-26(35)37-24-16-20(36-3)12-13-21(17)24/h4-7,12-13,15-16,18-19H,8-11,14H2,1-3H3,(H,29,34)(H,30,31,32)/t18-,19+. The van der Waals surface area contributed by atoms with E-state index in [1.54, 1.807) is 19.2 Å². The summed E-state index contributed by atoms with van der Waals surface area (Å²) in [6, 6.07) is 15.0. The Labute approximate surface area is 214 Å². The molecular formula is C28H31N5O4. The molecule has 5 rings (SSSR count). The number of anilines is 2. The summed E-state index contributed by atoms with van der Waals surface area (Å²) in [6.45, 7) is 0. The lowest BCUT2D eigenvalue weighted by atomic mass is 9.91. The van der Waals surface area contributed by atoms with Crippen LogP contribution in [0.2, 0.25) is 0 Å². The summed E-state index contributed by atoms with van der Waals surface area (Å²) in [7, 11) is 5.51. The minimum Gasteiger partial charge on any atom is -0.497 e. The first kappa shape index (κ1) is 24.5. The molecule has 0 radical (unpaired) electrons. The summed E-state index contributed by atoms with van der Waals surface area (Å²) in [6.07, 6.45) is 3.62. The Bertz CT molecular complexity index is 1490. The zero-order valence-electron chi connectivity index (χ0n) is 21.3. The molecule has 2 heterocycles. The van der Waals surface area contributed by atoms with E-state index in [9.17, 15) is 9.59 Å². The fraction of sp³-hybridized carbons (Fsp3) is 0.357. The molecule has 2 N–H and O–H groups in total. The van der Waals surface area contributed by atoms with Crippen molar-refractivity contribution in [2.24, 2.45) is 0 Å². The molecule has 1 fully saturated rings. The van der Waals surface area contributed by atoms with Crippen LogP contribution in [0.15, 0.2) is 57.7 Å². The number of aromatic nitrogens is 2. The number of rotatable bonds is 7. The van der Waals surface area contributed by atoms with Crippen molar-refractivity contribution in [3.05, 3.63) is 64.5 Å². The molecule has 2 aromatic heterocycles. The van der Waals surface area contributed by atoms with Gasteiger partial charge in [-0.1, -0.05) is 12.1 Å². The van der Waals surface area contributed by atoms with Gasteiger partial charge in [-0.05, 0) is 55.5 Å². The number of carbonyl (C=O) groups excluding carboxylic acids is 1. The molecule has 192 valence electrons. The highest BCUT2D eigenvalue weighted by Crippen LogP contribution is 2.27. The van der Waals surface area contributed by atoms with Crippen molar-refractivity contribution in [1.29, 1.82) is 0 Å². The average Bonchev–Trinajstić information content (AvgIpc) is 2.88. The molecule has 1 aliphatic rings. The molecule has 0 unspecified atom stereocenters. The Balaban J connectivity index is 1.20. The minimum absolute atomic E-state index is 0.0897. The van der Waals surface area contributed by atoms with Gasteiger partial charge in [0.1, 0.15) is 17.2 Å². The summed E-state index contributed by atoms with van der Waals surface area (Å²) < 4.78 is 10.5. The predicted molar refractivity (Wildman–Crippen MR) is 144 cm³/mol. The lowest BCUT2D eigenvalue weighted by Crippen LogP contribution is -2.41. The molecule has 1 saturated carbocycles. The van der Waals surface area contributed by atoms with Crippen LogP contribution >= 0.6 is 0 Å². The van der Waals surface area contributed by atoms with Crippen LogP contribution in [-0.2, 0) is 11.2 Å². The maximum atomic E-state index is 12.8. The van der Waals surface area contributed by atoms with Gasteiger partial charge >= 0.3 is 5.63 Å². The van der Waals surface area contributed by atoms with Gasteiger partial charge in [0.15, 0.2) is 0 Å². The van der Waals surface area contributed by atoms with Crippen LogP contribution < -0.4 is 25.9 Å². The average molecular weight is 502 g/mol. The molecule has 4 aromatic rings. The second kappa shape index (κ2) is 10.5. The summed E-state index contributed by atoms with van der Waals surface area (Å²) in [5.41, 5.74) is 1.48. The van der Waals surface area contributed by atoms with Crippen LogP contribution in [0.4, 0.5) is 11.8 Å². The van der Waals surface area contributed by atoms with Crippen molar-refractivity contribution >= 4 is 39.5 Å². The van der Waals surface area contributed by atoms with Gasteiger partial charge in [-0.2, -0.15) is 4.98 Å². The highest BCUT2D eigenvalue weighted by Gasteiger charge is 2.24. The number of nitrogens with zero attached hydrogens (tertiary/aromatic N) is 3. The molecule has 0 atom stereocenters. The monoisotopic (exact) mass is 501 g/mol. The third kappa shape index (κ3) is 5.50. The number of nitrogens with one attached hydrogen (secondary N) is 2. The SMILES string of the molecule is COc1ccc2c(CC(=O)N[C@H]3CC[C@@H](Nc4nc(N(C)C)c5ccccc5n4)CC3)cc(=O)oc2c1. The van der Waals surface area contributed by atoms with Gasteiger partial charge in [0.2, 0.25) is 11.9 Å². The van der Waals surface area contributed by atoms with Gasteiger partial charge in [-0.15, -0.1) is 0 Å². The lowest BCUT2D eigenvalue weighted by Gasteiger charge is -2.30. The number of fused-ring (bicyclic) bond motifs is 2. The fourth-order valence-corrected chi connectivity index (χ4v) is 4.97. The smallest absolute Gasteiger partial charge is 0.336 e. The van der Waals surface area contributed by atoms with Crippen molar-refractivity contribution in [2.45, 2.75) is 44.2 Å². The number of para-hydroxylation sites is 1. The largest absolute Gasteiger partial charge is 0.497 e. The number of benzene rings is 2. The predicted octanol–water partition coefficient (Wildman–Crippen LogP) is 3.89. The molecule has 0 saturated heterocycles. The van der Waals surface area contributed by atoms with Crippen molar-refractivity contribution in [3.63, 3.8) is 0 Å². The van der Waals surface area contributed by atoms with E-state index >= 15 is 0 Å². The van der Waals surface area contributed by atoms with Crippen molar-refractivity contribution < 1.29 is 13.9 Å². The van der Waals surface area contributed by atoms with Gasteiger partial charge in [-0.3, -0.25) is 4.79 Å². The number of methoxy groups -OCH3 is 1. The Morgan fingerprint density at radius 2 is 1.78 bits per heavy atom. The molecule has 2 aromatic carbocycles. The van der Waals surface area contributed by atoms with E-state index in [0.29, 0.717) is 22.8 Å². The molecule has 1 aliphatic carbocycles. The highest BCUT2D eigenvalue weighted by atomic mass is 16.5. The second-order valence-corrected chi connectivity index (χ2v) is 9.67. The first-order chi connectivity index (χ1) is 17.9. The van der Waals surface area contributed by atoms with Crippen molar-refractivity contribution in [1.82, 2.24) is 15.3 Å². The van der Waals surface area contributed by atoms with E-state index in [0.717, 1.165) is 47.8 Å². The van der Waals surface area contributed by atoms with E-state index in [1.807, 2.05) is 49.3 Å². The molecule has 0 spiro atoms. The second-order valence-electron chi connectivity index (χ2n) is 9.67. The lowest BCUT2D eigenvalue weighted by molar-refractivity contribution is -0.121. The maximum Gasteiger partial charge on any atom is 0.336 e. The first-order valence-corrected chi connectivity index (χ1v) is 12.5. The molecular weight excluding hydrogens is 470 g/mol. The molecule has 9 heteroatoms.